The van der Waals surface area contributed by atoms with Gasteiger partial charge in [-0.05, 0) is 25.5 Å². The fourth-order valence-corrected chi connectivity index (χ4v) is 2.39. The Morgan fingerprint density at radius 1 is 1.40 bits per heavy atom. The quantitative estimate of drug-likeness (QED) is 0.848. The Kier molecular flexibility index (Phi) is 3.59. The molecule has 0 aromatic heterocycles. The van der Waals surface area contributed by atoms with Crippen molar-refractivity contribution in [2.75, 3.05) is 5.32 Å². The summed E-state index contributed by atoms with van der Waals surface area (Å²) in [7, 11) is 0. The molecule has 0 aliphatic heterocycles. The second-order valence-electron chi connectivity index (χ2n) is 4.74. The average Bonchev–Trinajstić information content (AvgIpc) is 2.77. The molecular formula is C12H10Cl2F3NO2. The molecule has 20 heavy (non-hydrogen) atoms. The van der Waals surface area contributed by atoms with E-state index in [9.17, 15) is 18.0 Å². The first-order valence-electron chi connectivity index (χ1n) is 5.59. The molecule has 1 N–H and O–H groups in total. The number of alkyl halides is 5. The standard InChI is InChI=1S/C12H10Cl2F3NO2/c1-10(6-11(10,13)14)9(19)18-7-3-2-4-8(5-7)20-12(15,16)17/h2-5H,6H2,1H3,(H,18,19). The minimum Gasteiger partial charge on any atom is -0.406 e. The molecule has 0 radical (unpaired) electrons. The van der Waals surface area contributed by atoms with Crippen LogP contribution in [-0.2, 0) is 4.79 Å². The molecular weight excluding hydrogens is 318 g/mol. The number of rotatable bonds is 3. The van der Waals surface area contributed by atoms with E-state index in [2.05, 4.69) is 10.1 Å². The number of hydrogen-bond donors (Lipinski definition) is 1. The number of ether oxygens (including phenoxy) is 1. The molecule has 0 spiro atoms. The van der Waals surface area contributed by atoms with Crippen LogP contribution in [0.2, 0.25) is 0 Å². The summed E-state index contributed by atoms with van der Waals surface area (Å²) >= 11 is 11.7. The monoisotopic (exact) mass is 327 g/mol. The van der Waals surface area contributed by atoms with Gasteiger partial charge in [0.1, 0.15) is 10.1 Å². The predicted molar refractivity (Wildman–Crippen MR) is 68.9 cm³/mol. The van der Waals surface area contributed by atoms with Gasteiger partial charge in [-0.1, -0.05) is 6.07 Å². The first-order chi connectivity index (χ1) is 9.03. The number of carbonyl (C=O) groups is 1. The summed E-state index contributed by atoms with van der Waals surface area (Å²) in [5, 5.41) is 2.47. The third-order valence-electron chi connectivity index (χ3n) is 3.08. The van der Waals surface area contributed by atoms with Crippen molar-refractivity contribution in [1.82, 2.24) is 0 Å². The lowest BCUT2D eigenvalue weighted by Gasteiger charge is -2.14. The van der Waals surface area contributed by atoms with E-state index >= 15 is 0 Å². The molecule has 0 saturated heterocycles. The van der Waals surface area contributed by atoms with E-state index in [-0.39, 0.29) is 12.1 Å². The fourth-order valence-electron chi connectivity index (χ4n) is 1.69. The predicted octanol–water partition coefficient (Wildman–Crippen LogP) is 4.11. The molecule has 1 aromatic rings. The minimum atomic E-state index is -4.79. The summed E-state index contributed by atoms with van der Waals surface area (Å²) in [4.78, 5) is 12.0. The van der Waals surface area contributed by atoms with Gasteiger partial charge in [-0.2, -0.15) is 0 Å². The Balaban J connectivity index is 2.08. The Morgan fingerprint density at radius 3 is 2.50 bits per heavy atom. The maximum atomic E-state index is 12.1. The molecule has 1 aromatic carbocycles. The average molecular weight is 328 g/mol. The van der Waals surface area contributed by atoms with E-state index in [1.807, 2.05) is 0 Å². The van der Waals surface area contributed by atoms with Crippen LogP contribution in [0.15, 0.2) is 24.3 Å². The fraction of sp³-hybridized carbons (Fsp3) is 0.417. The molecule has 3 nitrogen and oxygen atoms in total. The number of hydrogen-bond acceptors (Lipinski definition) is 2. The highest BCUT2D eigenvalue weighted by Gasteiger charge is 2.67. The Bertz CT molecular complexity index is 548. The summed E-state index contributed by atoms with van der Waals surface area (Å²) in [6.45, 7) is 1.58. The van der Waals surface area contributed by atoms with Gasteiger partial charge < -0.3 is 10.1 Å². The minimum absolute atomic E-state index is 0.175. The van der Waals surface area contributed by atoms with E-state index in [1.54, 1.807) is 6.92 Å². The van der Waals surface area contributed by atoms with Crippen LogP contribution in [0.3, 0.4) is 0 Å². The van der Waals surface area contributed by atoms with Crippen LogP contribution in [-0.4, -0.2) is 16.6 Å². The van der Waals surface area contributed by atoms with Gasteiger partial charge in [-0.25, -0.2) is 0 Å². The van der Waals surface area contributed by atoms with Crippen molar-refractivity contribution in [2.45, 2.75) is 24.0 Å². The lowest BCUT2D eigenvalue weighted by atomic mass is 10.1. The van der Waals surface area contributed by atoms with Gasteiger partial charge in [0.15, 0.2) is 0 Å². The Morgan fingerprint density at radius 2 is 2.00 bits per heavy atom. The van der Waals surface area contributed by atoms with Crippen LogP contribution in [0.1, 0.15) is 13.3 Å². The van der Waals surface area contributed by atoms with Gasteiger partial charge in [0, 0.05) is 11.8 Å². The van der Waals surface area contributed by atoms with Crippen molar-refractivity contribution in [1.29, 1.82) is 0 Å². The summed E-state index contributed by atoms with van der Waals surface area (Å²) < 4.78 is 38.9. The summed E-state index contributed by atoms with van der Waals surface area (Å²) in [5.74, 6) is -0.870. The highest BCUT2D eigenvalue weighted by Crippen LogP contribution is 2.64. The largest absolute Gasteiger partial charge is 0.573 e. The topological polar surface area (TPSA) is 38.3 Å². The first kappa shape index (κ1) is 15.3. The van der Waals surface area contributed by atoms with Crippen molar-refractivity contribution in [2.24, 2.45) is 5.41 Å². The molecule has 0 bridgehead atoms. The molecule has 0 heterocycles. The summed E-state index contributed by atoms with van der Waals surface area (Å²) in [5.41, 5.74) is -0.772. The van der Waals surface area contributed by atoms with Gasteiger partial charge in [-0.15, -0.1) is 36.4 Å². The number of nitrogens with one attached hydrogen (secondary N) is 1. The van der Waals surface area contributed by atoms with Crippen LogP contribution in [0.25, 0.3) is 0 Å². The van der Waals surface area contributed by atoms with Crippen molar-refractivity contribution in [3.63, 3.8) is 0 Å². The van der Waals surface area contributed by atoms with Crippen molar-refractivity contribution >= 4 is 34.8 Å². The number of anilines is 1. The molecule has 8 heteroatoms. The number of benzene rings is 1. The maximum Gasteiger partial charge on any atom is 0.573 e. The highest BCUT2D eigenvalue weighted by molar-refractivity contribution is 6.53. The molecule has 1 amide bonds. The second kappa shape index (κ2) is 4.70. The Labute approximate surface area is 123 Å². The summed E-state index contributed by atoms with van der Waals surface area (Å²) in [6, 6.07) is 4.98. The van der Waals surface area contributed by atoms with Crippen LogP contribution in [0.5, 0.6) is 5.75 Å². The summed E-state index contributed by atoms with van der Waals surface area (Å²) in [6.07, 6.45) is -4.50. The zero-order valence-corrected chi connectivity index (χ0v) is 11.7. The van der Waals surface area contributed by atoms with E-state index < -0.39 is 27.8 Å². The molecule has 1 fully saturated rings. The molecule has 110 valence electrons. The molecule has 1 aliphatic rings. The van der Waals surface area contributed by atoms with E-state index in [1.165, 1.54) is 12.1 Å². The Hall–Kier alpha value is -1.14. The first-order valence-corrected chi connectivity index (χ1v) is 6.34. The van der Waals surface area contributed by atoms with Gasteiger partial charge in [0.05, 0.1) is 5.41 Å². The van der Waals surface area contributed by atoms with Crippen LogP contribution >= 0.6 is 23.2 Å². The third kappa shape index (κ3) is 3.12. The molecule has 1 aliphatic carbocycles. The zero-order valence-electron chi connectivity index (χ0n) is 10.2. The number of halogens is 5. The lowest BCUT2D eigenvalue weighted by molar-refractivity contribution is -0.274. The molecule has 1 saturated carbocycles. The van der Waals surface area contributed by atoms with E-state index in [0.29, 0.717) is 0 Å². The van der Waals surface area contributed by atoms with Gasteiger partial charge >= 0.3 is 6.36 Å². The number of amides is 1. The highest BCUT2D eigenvalue weighted by atomic mass is 35.5. The SMILES string of the molecule is CC1(C(=O)Nc2cccc(OC(F)(F)F)c2)CC1(Cl)Cl. The van der Waals surface area contributed by atoms with Gasteiger partial charge in [0.2, 0.25) is 5.91 Å². The van der Waals surface area contributed by atoms with Crippen LogP contribution < -0.4 is 10.1 Å². The second-order valence-corrected chi connectivity index (χ2v) is 6.23. The maximum absolute atomic E-state index is 12.1. The van der Waals surface area contributed by atoms with E-state index in [4.69, 9.17) is 23.2 Å². The molecule has 1 atom stereocenters. The van der Waals surface area contributed by atoms with Crippen molar-refractivity contribution in [3.8, 4) is 5.75 Å². The molecule has 1 unspecified atom stereocenters. The zero-order chi connectivity index (χ0) is 15.2. The third-order valence-corrected chi connectivity index (χ3v) is 4.19. The van der Waals surface area contributed by atoms with Crippen LogP contribution in [0.4, 0.5) is 18.9 Å². The van der Waals surface area contributed by atoms with Gasteiger partial charge in [0.25, 0.3) is 0 Å². The van der Waals surface area contributed by atoms with Crippen LogP contribution in [0, 0.1) is 5.41 Å². The molecule has 2 rings (SSSR count). The normalized spacial score (nSPS) is 24.1. The number of carbonyl (C=O) groups excluding carboxylic acids is 1. The van der Waals surface area contributed by atoms with Crippen molar-refractivity contribution < 1.29 is 22.7 Å². The van der Waals surface area contributed by atoms with Crippen molar-refractivity contribution in [3.05, 3.63) is 24.3 Å². The smallest absolute Gasteiger partial charge is 0.406 e. The lowest BCUT2D eigenvalue weighted by Crippen LogP contribution is -2.26. The van der Waals surface area contributed by atoms with E-state index in [0.717, 1.165) is 12.1 Å². The van der Waals surface area contributed by atoms with Gasteiger partial charge in [-0.3, -0.25) is 4.79 Å².